The summed E-state index contributed by atoms with van der Waals surface area (Å²) in [5, 5.41) is 3.16. The second-order valence-corrected chi connectivity index (χ2v) is 10.3. The van der Waals surface area contributed by atoms with Gasteiger partial charge in [0, 0.05) is 22.9 Å². The van der Waals surface area contributed by atoms with Gasteiger partial charge in [0.25, 0.3) is 0 Å². The Balaban J connectivity index is 0.00000242. The molecule has 0 amide bonds. The van der Waals surface area contributed by atoms with Crippen LogP contribution in [0.1, 0.15) is 57.3 Å². The number of halogens is 2. The van der Waals surface area contributed by atoms with Crippen LogP contribution in [-0.2, 0) is 4.57 Å². The summed E-state index contributed by atoms with van der Waals surface area (Å²) in [6, 6.07) is 8.60. The van der Waals surface area contributed by atoms with Crippen LogP contribution < -0.4 is 17.7 Å². The fourth-order valence-corrected chi connectivity index (χ4v) is 6.03. The Kier molecular flexibility index (Phi) is 8.49. The van der Waals surface area contributed by atoms with Crippen molar-refractivity contribution < 1.29 is 22.3 Å². The monoisotopic (exact) mass is 363 g/mol. The first-order chi connectivity index (χ1) is 10.1. The average molecular weight is 364 g/mol. The molecular weight excluding hydrogens is 336 g/mol. The van der Waals surface area contributed by atoms with Crippen LogP contribution in [0.5, 0.6) is 0 Å². The van der Waals surface area contributed by atoms with Crippen molar-refractivity contribution in [2.45, 2.75) is 57.8 Å². The Morgan fingerprint density at radius 1 is 1.14 bits per heavy atom. The molecule has 126 valence electrons. The summed E-state index contributed by atoms with van der Waals surface area (Å²) in [5.41, 5.74) is 1.18. The van der Waals surface area contributed by atoms with Crippen molar-refractivity contribution >= 4 is 18.7 Å². The SMILES string of the molecule is CCP(=O)(CC)C([NH2+]C1CCCCC1)c1ccc(Cl)cc1.[Cl-]. The van der Waals surface area contributed by atoms with Gasteiger partial charge >= 0.3 is 0 Å². The first kappa shape index (κ1) is 20.0. The van der Waals surface area contributed by atoms with Crippen LogP contribution >= 0.6 is 18.7 Å². The van der Waals surface area contributed by atoms with E-state index in [0.29, 0.717) is 6.04 Å². The largest absolute Gasteiger partial charge is 1.00 e. The van der Waals surface area contributed by atoms with Crippen LogP contribution in [0.3, 0.4) is 0 Å². The minimum atomic E-state index is -2.19. The third-order valence-electron chi connectivity index (χ3n) is 4.89. The maximum atomic E-state index is 13.3. The van der Waals surface area contributed by atoms with E-state index in [-0.39, 0.29) is 18.2 Å². The number of benzene rings is 1. The molecule has 0 bridgehead atoms. The lowest BCUT2D eigenvalue weighted by Crippen LogP contribution is -3.00. The van der Waals surface area contributed by atoms with Crippen LogP contribution in [0, 0.1) is 0 Å². The molecule has 0 spiro atoms. The summed E-state index contributed by atoms with van der Waals surface area (Å²) < 4.78 is 13.3. The molecule has 1 saturated carbocycles. The molecule has 2 nitrogen and oxygen atoms in total. The molecule has 5 heteroatoms. The average Bonchev–Trinajstić information content (AvgIpc) is 2.54. The predicted molar refractivity (Wildman–Crippen MR) is 91.7 cm³/mol. The lowest BCUT2D eigenvalue weighted by Gasteiger charge is -2.30. The number of quaternary nitrogens is 1. The molecule has 22 heavy (non-hydrogen) atoms. The van der Waals surface area contributed by atoms with Crippen molar-refractivity contribution in [3.63, 3.8) is 0 Å². The second-order valence-electron chi connectivity index (χ2n) is 6.17. The van der Waals surface area contributed by atoms with E-state index >= 15 is 0 Å². The minimum absolute atomic E-state index is 0. The molecule has 2 N–H and O–H groups in total. The Morgan fingerprint density at radius 2 is 1.68 bits per heavy atom. The van der Waals surface area contributed by atoms with Gasteiger partial charge in [0.2, 0.25) is 0 Å². The maximum Gasteiger partial charge on any atom is 0.164 e. The summed E-state index contributed by atoms with van der Waals surface area (Å²) >= 11 is 6.01. The lowest BCUT2D eigenvalue weighted by molar-refractivity contribution is -0.711. The van der Waals surface area contributed by atoms with E-state index < -0.39 is 7.14 Å². The molecule has 1 unspecified atom stereocenters. The summed E-state index contributed by atoms with van der Waals surface area (Å²) in [6.07, 6.45) is 8.07. The molecule has 0 heterocycles. The van der Waals surface area contributed by atoms with Crippen LogP contribution in [0.4, 0.5) is 0 Å². The number of nitrogens with two attached hydrogens (primary N) is 1. The van der Waals surface area contributed by atoms with E-state index in [1.54, 1.807) is 0 Å². The van der Waals surface area contributed by atoms with Gasteiger partial charge in [-0.1, -0.05) is 44.0 Å². The van der Waals surface area contributed by atoms with Gasteiger partial charge < -0.3 is 22.3 Å². The lowest BCUT2D eigenvalue weighted by atomic mass is 9.95. The Hall–Kier alpha value is -0.0100. The first-order valence-electron chi connectivity index (χ1n) is 8.27. The van der Waals surface area contributed by atoms with E-state index in [1.807, 2.05) is 12.1 Å². The van der Waals surface area contributed by atoms with Gasteiger partial charge in [-0.3, -0.25) is 0 Å². The molecule has 1 aromatic carbocycles. The van der Waals surface area contributed by atoms with Gasteiger partial charge in [-0.05, 0) is 37.8 Å². The minimum Gasteiger partial charge on any atom is -1.00 e. The van der Waals surface area contributed by atoms with Gasteiger partial charge in [-0.15, -0.1) is 0 Å². The highest BCUT2D eigenvalue weighted by Gasteiger charge is 2.36. The zero-order valence-electron chi connectivity index (χ0n) is 13.6. The molecule has 0 saturated heterocycles. The first-order valence-corrected chi connectivity index (χ1v) is 10.8. The summed E-state index contributed by atoms with van der Waals surface area (Å²) in [7, 11) is -2.19. The normalized spacial score (nSPS) is 17.8. The van der Waals surface area contributed by atoms with Gasteiger partial charge in [-0.25, -0.2) is 0 Å². The Morgan fingerprint density at radius 3 is 2.18 bits per heavy atom. The quantitative estimate of drug-likeness (QED) is 0.766. The highest BCUT2D eigenvalue weighted by molar-refractivity contribution is 7.63. The number of hydrogen-bond acceptors (Lipinski definition) is 1. The van der Waals surface area contributed by atoms with Gasteiger partial charge in [0.15, 0.2) is 5.78 Å². The van der Waals surface area contributed by atoms with Crippen LogP contribution in [-0.4, -0.2) is 18.4 Å². The Bertz CT molecular complexity index is 478. The van der Waals surface area contributed by atoms with Gasteiger partial charge in [0.1, 0.15) is 7.14 Å². The van der Waals surface area contributed by atoms with Crippen LogP contribution in [0.15, 0.2) is 24.3 Å². The molecule has 2 rings (SSSR count). The molecule has 0 aliphatic heterocycles. The molecule has 1 atom stereocenters. The van der Waals surface area contributed by atoms with Gasteiger partial charge in [0.05, 0.1) is 6.04 Å². The number of rotatable bonds is 6. The van der Waals surface area contributed by atoms with E-state index in [0.717, 1.165) is 17.3 Å². The van der Waals surface area contributed by atoms with Gasteiger partial charge in [-0.2, -0.15) is 0 Å². The van der Waals surface area contributed by atoms with Crippen molar-refractivity contribution in [3.8, 4) is 0 Å². The summed E-state index contributed by atoms with van der Waals surface area (Å²) in [4.78, 5) is 0. The van der Waals surface area contributed by atoms with E-state index in [9.17, 15) is 4.57 Å². The Labute approximate surface area is 146 Å². The van der Waals surface area contributed by atoms with Crippen molar-refractivity contribution in [1.29, 1.82) is 0 Å². The van der Waals surface area contributed by atoms with Crippen LogP contribution in [0.25, 0.3) is 0 Å². The molecule has 0 radical (unpaired) electrons. The summed E-state index contributed by atoms with van der Waals surface area (Å²) in [5.74, 6) is 0.105. The van der Waals surface area contributed by atoms with Crippen LogP contribution in [0.2, 0.25) is 5.02 Å². The number of hydrogen-bond donors (Lipinski definition) is 1. The zero-order valence-corrected chi connectivity index (χ0v) is 16.0. The maximum absolute atomic E-state index is 13.3. The summed E-state index contributed by atoms with van der Waals surface area (Å²) in [6.45, 7) is 4.14. The standard InChI is InChI=1S/C17H27ClNOP.ClH/c1-3-21(20,4-2)17(14-10-12-15(18)13-11-14)19-16-8-6-5-7-9-16;/h10-13,16-17,19H,3-9H2,1-2H3;1H. The van der Waals surface area contributed by atoms with Crippen molar-refractivity contribution in [2.24, 2.45) is 0 Å². The fraction of sp³-hybridized carbons (Fsp3) is 0.647. The predicted octanol–water partition coefficient (Wildman–Crippen LogP) is 1.64. The van der Waals surface area contributed by atoms with E-state index in [4.69, 9.17) is 11.6 Å². The van der Waals surface area contributed by atoms with Crippen molar-refractivity contribution in [1.82, 2.24) is 0 Å². The highest BCUT2D eigenvalue weighted by atomic mass is 35.5. The highest BCUT2D eigenvalue weighted by Crippen LogP contribution is 2.55. The second kappa shape index (κ2) is 9.33. The van der Waals surface area contributed by atoms with Crippen molar-refractivity contribution in [3.05, 3.63) is 34.9 Å². The van der Waals surface area contributed by atoms with Crippen molar-refractivity contribution in [2.75, 3.05) is 12.3 Å². The third kappa shape index (κ3) is 4.99. The third-order valence-corrected chi connectivity index (χ3v) is 8.77. The zero-order chi connectivity index (χ0) is 15.3. The smallest absolute Gasteiger partial charge is 0.164 e. The fourth-order valence-electron chi connectivity index (χ4n) is 3.40. The van der Waals surface area contributed by atoms with E-state index in [1.165, 1.54) is 37.7 Å². The molecule has 1 aliphatic carbocycles. The molecule has 0 aromatic heterocycles. The topological polar surface area (TPSA) is 33.7 Å². The molecule has 1 fully saturated rings. The molecular formula is C17H28Cl2NOP. The molecule has 1 aliphatic rings. The molecule has 1 aromatic rings. The van der Waals surface area contributed by atoms with E-state index in [2.05, 4.69) is 31.3 Å².